The van der Waals surface area contributed by atoms with Crippen LogP contribution >= 0.6 is 0 Å². The fourth-order valence-electron chi connectivity index (χ4n) is 2.27. The Morgan fingerprint density at radius 2 is 2.30 bits per heavy atom. The first-order chi connectivity index (χ1) is 9.52. The largest absolute Gasteiger partial charge is 0.388 e. The Bertz CT molecular complexity index is 449. The number of para-hydroxylation sites is 1. The molecule has 0 radical (unpaired) electrons. The topological polar surface area (TPSA) is 70.6 Å². The third kappa shape index (κ3) is 3.71. The summed E-state index contributed by atoms with van der Waals surface area (Å²) in [4.78, 5) is 12.1. The molecule has 1 amide bonds. The molecular formula is C15H22N2O3. The molecule has 2 unspecified atom stereocenters. The smallest absolute Gasteiger partial charge is 0.242 e. The maximum atomic E-state index is 12.1. The van der Waals surface area contributed by atoms with Crippen molar-refractivity contribution >= 4 is 11.6 Å². The predicted octanol–water partition coefficient (Wildman–Crippen LogP) is 0.927. The van der Waals surface area contributed by atoms with Crippen molar-refractivity contribution in [1.29, 1.82) is 0 Å². The molecule has 1 aliphatic heterocycles. The molecule has 0 saturated heterocycles. The van der Waals surface area contributed by atoms with E-state index in [4.69, 9.17) is 4.74 Å². The molecule has 5 nitrogen and oxygen atoms in total. The number of methoxy groups -OCH3 is 1. The van der Waals surface area contributed by atoms with Crippen LogP contribution < -0.4 is 10.6 Å². The summed E-state index contributed by atoms with van der Waals surface area (Å²) in [5.41, 5.74) is 1.22. The SMILES string of the molecule is COCCC(C)(O)CNC(=O)C1Cc2ccccc2N1. The van der Waals surface area contributed by atoms with E-state index in [1.54, 1.807) is 14.0 Å². The Morgan fingerprint density at radius 1 is 1.55 bits per heavy atom. The summed E-state index contributed by atoms with van der Waals surface area (Å²) in [5.74, 6) is -0.0844. The molecule has 1 aliphatic rings. The van der Waals surface area contributed by atoms with Gasteiger partial charge in [-0.05, 0) is 18.6 Å². The molecule has 110 valence electrons. The summed E-state index contributed by atoms with van der Waals surface area (Å²) >= 11 is 0. The van der Waals surface area contributed by atoms with E-state index in [1.807, 2.05) is 24.3 Å². The first-order valence-corrected chi connectivity index (χ1v) is 6.85. The van der Waals surface area contributed by atoms with Crippen LogP contribution in [0.5, 0.6) is 0 Å². The number of hydrogen-bond donors (Lipinski definition) is 3. The van der Waals surface area contributed by atoms with Crippen molar-refractivity contribution in [2.45, 2.75) is 31.4 Å². The Labute approximate surface area is 119 Å². The molecule has 0 aliphatic carbocycles. The van der Waals surface area contributed by atoms with E-state index in [-0.39, 0.29) is 18.5 Å². The van der Waals surface area contributed by atoms with E-state index in [1.165, 1.54) is 0 Å². The maximum absolute atomic E-state index is 12.1. The van der Waals surface area contributed by atoms with Crippen LogP contribution in [0.25, 0.3) is 0 Å². The second kappa shape index (κ2) is 6.24. The Hall–Kier alpha value is -1.59. The first-order valence-electron chi connectivity index (χ1n) is 6.85. The van der Waals surface area contributed by atoms with E-state index < -0.39 is 5.60 Å². The molecule has 0 aromatic heterocycles. The van der Waals surface area contributed by atoms with E-state index >= 15 is 0 Å². The second-order valence-corrected chi connectivity index (χ2v) is 5.52. The number of carbonyl (C=O) groups excluding carboxylic acids is 1. The normalized spacial score (nSPS) is 19.9. The lowest BCUT2D eigenvalue weighted by atomic mass is 10.0. The van der Waals surface area contributed by atoms with Gasteiger partial charge >= 0.3 is 0 Å². The van der Waals surface area contributed by atoms with Gasteiger partial charge in [-0.2, -0.15) is 0 Å². The zero-order valence-corrected chi connectivity index (χ0v) is 12.0. The van der Waals surface area contributed by atoms with Crippen LogP contribution in [-0.4, -0.2) is 42.9 Å². The van der Waals surface area contributed by atoms with Gasteiger partial charge < -0.3 is 20.5 Å². The molecule has 2 atom stereocenters. The van der Waals surface area contributed by atoms with E-state index in [9.17, 15) is 9.90 Å². The summed E-state index contributed by atoms with van der Waals surface area (Å²) in [6.07, 6.45) is 1.17. The van der Waals surface area contributed by atoms with Gasteiger partial charge in [0.1, 0.15) is 6.04 Å². The van der Waals surface area contributed by atoms with Gasteiger partial charge in [-0.1, -0.05) is 18.2 Å². The highest BCUT2D eigenvalue weighted by Crippen LogP contribution is 2.25. The number of rotatable bonds is 6. The zero-order chi connectivity index (χ0) is 14.6. The van der Waals surface area contributed by atoms with Crippen molar-refractivity contribution in [3.63, 3.8) is 0 Å². The van der Waals surface area contributed by atoms with Gasteiger partial charge in [0.2, 0.25) is 5.91 Å². The highest BCUT2D eigenvalue weighted by Gasteiger charge is 2.28. The van der Waals surface area contributed by atoms with Gasteiger partial charge in [0.25, 0.3) is 0 Å². The average Bonchev–Trinajstić information content (AvgIpc) is 2.86. The molecule has 0 spiro atoms. The summed E-state index contributed by atoms with van der Waals surface area (Å²) in [6.45, 7) is 2.39. The monoisotopic (exact) mass is 278 g/mol. The van der Waals surface area contributed by atoms with Crippen molar-refractivity contribution in [2.24, 2.45) is 0 Å². The van der Waals surface area contributed by atoms with Gasteiger partial charge in [-0.25, -0.2) is 0 Å². The zero-order valence-electron chi connectivity index (χ0n) is 12.0. The molecule has 0 saturated carbocycles. The maximum Gasteiger partial charge on any atom is 0.242 e. The van der Waals surface area contributed by atoms with Crippen molar-refractivity contribution in [3.8, 4) is 0 Å². The van der Waals surface area contributed by atoms with Crippen molar-refractivity contribution in [1.82, 2.24) is 5.32 Å². The molecule has 0 bridgehead atoms. The van der Waals surface area contributed by atoms with E-state index in [0.717, 1.165) is 11.3 Å². The quantitative estimate of drug-likeness (QED) is 0.724. The molecule has 2 rings (SSSR count). The standard InChI is InChI=1S/C15H22N2O3/c1-15(19,7-8-20-2)10-16-14(18)13-9-11-5-3-4-6-12(11)17-13/h3-6,13,17,19H,7-10H2,1-2H3,(H,16,18). The van der Waals surface area contributed by atoms with Gasteiger partial charge in [-0.3, -0.25) is 4.79 Å². The second-order valence-electron chi connectivity index (χ2n) is 5.52. The number of fused-ring (bicyclic) bond motifs is 1. The van der Waals surface area contributed by atoms with Crippen molar-refractivity contribution in [3.05, 3.63) is 29.8 Å². The van der Waals surface area contributed by atoms with Crippen molar-refractivity contribution in [2.75, 3.05) is 25.6 Å². The Morgan fingerprint density at radius 3 is 3.00 bits per heavy atom. The molecule has 1 heterocycles. The lowest BCUT2D eigenvalue weighted by Crippen LogP contribution is -2.46. The lowest BCUT2D eigenvalue weighted by molar-refractivity contribution is -0.123. The number of ether oxygens (including phenoxy) is 1. The van der Waals surface area contributed by atoms with Crippen LogP contribution in [0.15, 0.2) is 24.3 Å². The van der Waals surface area contributed by atoms with E-state index in [2.05, 4.69) is 10.6 Å². The Kier molecular flexibility index (Phi) is 4.62. The minimum Gasteiger partial charge on any atom is -0.388 e. The minimum absolute atomic E-state index is 0.0844. The highest BCUT2D eigenvalue weighted by atomic mass is 16.5. The molecule has 1 aromatic rings. The number of nitrogens with one attached hydrogen (secondary N) is 2. The highest BCUT2D eigenvalue weighted by molar-refractivity contribution is 5.87. The van der Waals surface area contributed by atoms with Crippen LogP contribution in [0.4, 0.5) is 5.69 Å². The summed E-state index contributed by atoms with van der Waals surface area (Å²) in [7, 11) is 1.59. The minimum atomic E-state index is -0.947. The molecule has 1 aromatic carbocycles. The van der Waals surface area contributed by atoms with Crippen LogP contribution in [0.1, 0.15) is 18.9 Å². The van der Waals surface area contributed by atoms with Crippen LogP contribution in [0, 0.1) is 0 Å². The van der Waals surface area contributed by atoms with Crippen LogP contribution in [0.2, 0.25) is 0 Å². The van der Waals surface area contributed by atoms with Crippen LogP contribution in [-0.2, 0) is 16.0 Å². The summed E-state index contributed by atoms with van der Waals surface area (Å²) in [5, 5.41) is 16.1. The molecule has 5 heteroatoms. The fraction of sp³-hybridized carbons (Fsp3) is 0.533. The number of anilines is 1. The molecule has 3 N–H and O–H groups in total. The summed E-state index contributed by atoms with van der Waals surface area (Å²) in [6, 6.07) is 7.64. The molecule has 0 fully saturated rings. The number of benzene rings is 1. The average molecular weight is 278 g/mol. The third-order valence-corrected chi connectivity index (χ3v) is 3.58. The summed E-state index contributed by atoms with van der Waals surface area (Å²) < 4.78 is 4.94. The van der Waals surface area contributed by atoms with E-state index in [0.29, 0.717) is 19.4 Å². The molecule has 20 heavy (non-hydrogen) atoms. The lowest BCUT2D eigenvalue weighted by Gasteiger charge is -2.24. The van der Waals surface area contributed by atoms with Gasteiger partial charge in [0, 0.05) is 38.8 Å². The van der Waals surface area contributed by atoms with Gasteiger partial charge in [0.15, 0.2) is 0 Å². The molecular weight excluding hydrogens is 256 g/mol. The first kappa shape index (κ1) is 14.8. The predicted molar refractivity (Wildman–Crippen MR) is 77.7 cm³/mol. The van der Waals surface area contributed by atoms with Gasteiger partial charge in [-0.15, -0.1) is 0 Å². The third-order valence-electron chi connectivity index (χ3n) is 3.58. The van der Waals surface area contributed by atoms with Crippen molar-refractivity contribution < 1.29 is 14.6 Å². The number of carbonyl (C=O) groups is 1. The number of amides is 1. The van der Waals surface area contributed by atoms with Crippen LogP contribution in [0.3, 0.4) is 0 Å². The Balaban J connectivity index is 1.82. The number of aliphatic hydroxyl groups is 1. The number of hydrogen-bond acceptors (Lipinski definition) is 4. The fourth-order valence-corrected chi connectivity index (χ4v) is 2.27. The van der Waals surface area contributed by atoms with Gasteiger partial charge in [0.05, 0.1) is 5.60 Å².